The van der Waals surface area contributed by atoms with Gasteiger partial charge in [-0.3, -0.25) is 4.98 Å². The Hall–Kier alpha value is -1.41. The average Bonchev–Trinajstić information content (AvgIpc) is 2.28. The van der Waals surface area contributed by atoms with Gasteiger partial charge in [-0.25, -0.2) is 0 Å². The summed E-state index contributed by atoms with van der Waals surface area (Å²) in [4.78, 5) is 6.71. The zero-order valence-corrected chi connectivity index (χ0v) is 11.1. The van der Waals surface area contributed by atoms with E-state index in [1.807, 2.05) is 6.20 Å². The van der Waals surface area contributed by atoms with Crippen LogP contribution in [0.25, 0.3) is 10.8 Å². The van der Waals surface area contributed by atoms with Crippen molar-refractivity contribution in [2.24, 2.45) is 0 Å². The summed E-state index contributed by atoms with van der Waals surface area (Å²) >= 11 is 0. The van der Waals surface area contributed by atoms with E-state index in [1.54, 1.807) is 0 Å². The highest BCUT2D eigenvalue weighted by Crippen LogP contribution is 2.26. The number of rotatable bonds is 3. The highest BCUT2D eigenvalue weighted by Gasteiger charge is 2.09. The van der Waals surface area contributed by atoms with Crippen LogP contribution in [0.2, 0.25) is 0 Å². The molecular weight excluding hydrogens is 208 g/mol. The third-order valence-electron chi connectivity index (χ3n) is 2.96. The molecule has 0 saturated carbocycles. The first-order chi connectivity index (χ1) is 8.09. The van der Waals surface area contributed by atoms with E-state index in [4.69, 9.17) is 0 Å². The van der Waals surface area contributed by atoms with Gasteiger partial charge in [0.1, 0.15) is 0 Å². The zero-order valence-electron chi connectivity index (χ0n) is 11.1. The van der Waals surface area contributed by atoms with E-state index in [1.165, 1.54) is 22.0 Å². The third kappa shape index (κ3) is 2.47. The highest BCUT2D eigenvalue weighted by molar-refractivity contribution is 5.87. The summed E-state index contributed by atoms with van der Waals surface area (Å²) in [6, 6.07) is 8.64. The topological polar surface area (TPSA) is 16.1 Å². The average molecular weight is 228 g/mol. The van der Waals surface area contributed by atoms with Gasteiger partial charge in [-0.2, -0.15) is 0 Å². The van der Waals surface area contributed by atoms with Gasteiger partial charge in [0.15, 0.2) is 0 Å². The minimum atomic E-state index is 0.466. The number of pyridine rings is 1. The zero-order chi connectivity index (χ0) is 12.4. The van der Waals surface area contributed by atoms with Crippen LogP contribution in [-0.4, -0.2) is 24.0 Å². The fourth-order valence-electron chi connectivity index (χ4n) is 2.23. The molecule has 1 aromatic carbocycles. The SMILES string of the molecule is CC(C)c1nccc2c(CN(C)C)cccc12. The molecule has 0 fully saturated rings. The molecule has 0 unspecified atom stereocenters. The molecule has 0 saturated heterocycles. The summed E-state index contributed by atoms with van der Waals surface area (Å²) < 4.78 is 0. The van der Waals surface area contributed by atoms with Gasteiger partial charge in [-0.1, -0.05) is 32.0 Å². The second kappa shape index (κ2) is 4.84. The van der Waals surface area contributed by atoms with Gasteiger partial charge in [0.2, 0.25) is 0 Å². The van der Waals surface area contributed by atoms with Crippen molar-refractivity contribution in [3.63, 3.8) is 0 Å². The Bertz CT molecular complexity index is 515. The molecule has 90 valence electrons. The first-order valence-electron chi connectivity index (χ1n) is 6.11. The summed E-state index contributed by atoms with van der Waals surface area (Å²) in [5, 5.41) is 2.63. The number of nitrogens with zero attached hydrogens (tertiary/aromatic N) is 2. The molecule has 2 rings (SSSR count). The monoisotopic (exact) mass is 228 g/mol. The second-order valence-electron chi connectivity index (χ2n) is 5.10. The molecular formula is C15H20N2. The van der Waals surface area contributed by atoms with Crippen molar-refractivity contribution in [2.45, 2.75) is 26.3 Å². The molecule has 0 aliphatic carbocycles. The van der Waals surface area contributed by atoms with Crippen LogP contribution in [0.3, 0.4) is 0 Å². The van der Waals surface area contributed by atoms with E-state index in [2.05, 4.69) is 62.1 Å². The molecule has 0 bridgehead atoms. The minimum absolute atomic E-state index is 0.466. The number of benzene rings is 1. The maximum Gasteiger partial charge on any atom is 0.0507 e. The molecule has 0 atom stereocenters. The lowest BCUT2D eigenvalue weighted by atomic mass is 9.99. The Morgan fingerprint density at radius 3 is 2.53 bits per heavy atom. The minimum Gasteiger partial charge on any atom is -0.305 e. The summed E-state index contributed by atoms with van der Waals surface area (Å²) in [5.74, 6) is 0.466. The Morgan fingerprint density at radius 1 is 1.12 bits per heavy atom. The molecule has 1 heterocycles. The molecule has 17 heavy (non-hydrogen) atoms. The van der Waals surface area contributed by atoms with Crippen molar-refractivity contribution >= 4 is 10.8 Å². The van der Waals surface area contributed by atoms with Crippen molar-refractivity contribution in [1.82, 2.24) is 9.88 Å². The molecule has 2 nitrogen and oxygen atoms in total. The van der Waals surface area contributed by atoms with Gasteiger partial charge in [-0.15, -0.1) is 0 Å². The molecule has 1 aromatic heterocycles. The third-order valence-corrected chi connectivity index (χ3v) is 2.96. The second-order valence-corrected chi connectivity index (χ2v) is 5.10. The lowest BCUT2D eigenvalue weighted by Gasteiger charge is -2.14. The van der Waals surface area contributed by atoms with Gasteiger partial charge < -0.3 is 4.90 Å². The molecule has 2 heteroatoms. The number of fused-ring (bicyclic) bond motifs is 1. The van der Waals surface area contributed by atoms with Crippen LogP contribution in [0.1, 0.15) is 31.0 Å². The van der Waals surface area contributed by atoms with Crippen LogP contribution < -0.4 is 0 Å². The van der Waals surface area contributed by atoms with Crippen molar-refractivity contribution in [3.05, 3.63) is 41.7 Å². The van der Waals surface area contributed by atoms with E-state index in [-0.39, 0.29) is 0 Å². The Kier molecular flexibility index (Phi) is 3.43. The van der Waals surface area contributed by atoms with Crippen LogP contribution in [0.15, 0.2) is 30.5 Å². The quantitative estimate of drug-likeness (QED) is 0.800. The summed E-state index contributed by atoms with van der Waals surface area (Å²) in [6.07, 6.45) is 1.93. The normalized spacial score (nSPS) is 11.6. The Balaban J connectivity index is 2.61. The fraction of sp³-hybridized carbons (Fsp3) is 0.400. The van der Waals surface area contributed by atoms with Crippen LogP contribution in [0.5, 0.6) is 0 Å². The van der Waals surface area contributed by atoms with Crippen LogP contribution in [0.4, 0.5) is 0 Å². The molecule has 0 amide bonds. The summed E-state index contributed by atoms with van der Waals surface area (Å²) in [6.45, 7) is 5.36. The maximum atomic E-state index is 4.51. The summed E-state index contributed by atoms with van der Waals surface area (Å²) in [5.41, 5.74) is 2.57. The molecule has 0 radical (unpaired) electrons. The van der Waals surface area contributed by atoms with E-state index in [9.17, 15) is 0 Å². The van der Waals surface area contributed by atoms with Gasteiger partial charge in [-0.05, 0) is 37.0 Å². The standard InChI is InChI=1S/C15H20N2/c1-11(2)15-14-7-5-6-12(10-17(3)4)13(14)8-9-16-15/h5-9,11H,10H2,1-4H3. The molecule has 0 spiro atoms. The molecule has 0 aliphatic heterocycles. The number of hydrogen-bond donors (Lipinski definition) is 0. The fourth-order valence-corrected chi connectivity index (χ4v) is 2.23. The Labute approximate surface area is 103 Å². The van der Waals surface area contributed by atoms with Crippen LogP contribution >= 0.6 is 0 Å². The van der Waals surface area contributed by atoms with E-state index < -0.39 is 0 Å². The highest BCUT2D eigenvalue weighted by atomic mass is 15.0. The molecule has 0 N–H and O–H groups in total. The van der Waals surface area contributed by atoms with Crippen LogP contribution in [0, 0.1) is 0 Å². The Morgan fingerprint density at radius 2 is 1.88 bits per heavy atom. The van der Waals surface area contributed by atoms with E-state index in [0.29, 0.717) is 5.92 Å². The first-order valence-corrected chi connectivity index (χ1v) is 6.11. The van der Waals surface area contributed by atoms with Crippen molar-refractivity contribution < 1.29 is 0 Å². The lowest BCUT2D eigenvalue weighted by Crippen LogP contribution is -2.11. The maximum absolute atomic E-state index is 4.51. The van der Waals surface area contributed by atoms with Gasteiger partial charge >= 0.3 is 0 Å². The summed E-state index contributed by atoms with van der Waals surface area (Å²) in [7, 11) is 4.20. The lowest BCUT2D eigenvalue weighted by molar-refractivity contribution is 0.404. The predicted molar refractivity (Wildman–Crippen MR) is 73.2 cm³/mol. The molecule has 2 aromatic rings. The van der Waals surface area contributed by atoms with Crippen molar-refractivity contribution in [3.8, 4) is 0 Å². The van der Waals surface area contributed by atoms with E-state index in [0.717, 1.165) is 6.54 Å². The van der Waals surface area contributed by atoms with Gasteiger partial charge in [0, 0.05) is 18.1 Å². The van der Waals surface area contributed by atoms with E-state index >= 15 is 0 Å². The van der Waals surface area contributed by atoms with Gasteiger partial charge in [0.25, 0.3) is 0 Å². The van der Waals surface area contributed by atoms with Crippen molar-refractivity contribution in [1.29, 1.82) is 0 Å². The van der Waals surface area contributed by atoms with Gasteiger partial charge in [0.05, 0.1) is 5.69 Å². The predicted octanol–water partition coefficient (Wildman–Crippen LogP) is 3.42. The smallest absolute Gasteiger partial charge is 0.0507 e. The molecule has 0 aliphatic rings. The largest absolute Gasteiger partial charge is 0.305 e. The number of hydrogen-bond acceptors (Lipinski definition) is 2. The van der Waals surface area contributed by atoms with Crippen molar-refractivity contribution in [2.75, 3.05) is 14.1 Å². The number of aromatic nitrogens is 1. The first kappa shape index (κ1) is 12.1. The van der Waals surface area contributed by atoms with Crippen LogP contribution in [-0.2, 0) is 6.54 Å².